The predicted octanol–water partition coefficient (Wildman–Crippen LogP) is 5.40. The van der Waals surface area contributed by atoms with Crippen LogP contribution in [0.1, 0.15) is 91.9 Å². The van der Waals surface area contributed by atoms with Crippen LogP contribution in [0.4, 0.5) is 0 Å². The molecule has 0 aliphatic heterocycles. The van der Waals surface area contributed by atoms with Crippen molar-refractivity contribution in [3.63, 3.8) is 0 Å². The van der Waals surface area contributed by atoms with Gasteiger partial charge in [0.1, 0.15) is 0 Å². The molecule has 0 aromatic heterocycles. The highest BCUT2D eigenvalue weighted by atomic mass is 16.3. The molecule has 0 radical (unpaired) electrons. The molecular formula is C25H44O3. The summed E-state index contributed by atoms with van der Waals surface area (Å²) >= 11 is 0. The lowest BCUT2D eigenvalue weighted by Crippen LogP contribution is -2.36. The van der Waals surface area contributed by atoms with Crippen LogP contribution in [-0.2, 0) is 0 Å². The van der Waals surface area contributed by atoms with Gasteiger partial charge in [0.05, 0.1) is 5.60 Å². The Morgan fingerprint density at radius 3 is 2.50 bits per heavy atom. The van der Waals surface area contributed by atoms with Crippen LogP contribution in [0, 0.1) is 23.2 Å². The maximum Gasteiger partial charge on any atom is 0.0591 e. The fourth-order valence-corrected chi connectivity index (χ4v) is 6.08. The molecule has 162 valence electrons. The van der Waals surface area contributed by atoms with E-state index in [9.17, 15) is 15.3 Å². The van der Waals surface area contributed by atoms with Gasteiger partial charge in [-0.05, 0) is 88.4 Å². The van der Waals surface area contributed by atoms with Gasteiger partial charge in [0.25, 0.3) is 0 Å². The van der Waals surface area contributed by atoms with Crippen LogP contribution in [0.25, 0.3) is 0 Å². The van der Waals surface area contributed by atoms with Gasteiger partial charge in [-0.2, -0.15) is 0 Å². The van der Waals surface area contributed by atoms with E-state index in [0.717, 1.165) is 24.3 Å². The third-order valence-corrected chi connectivity index (χ3v) is 7.57. The van der Waals surface area contributed by atoms with E-state index in [0.29, 0.717) is 30.1 Å². The first-order valence-electron chi connectivity index (χ1n) is 11.5. The molecule has 0 amide bonds. The third-order valence-electron chi connectivity index (χ3n) is 7.57. The smallest absolute Gasteiger partial charge is 0.0591 e. The summed E-state index contributed by atoms with van der Waals surface area (Å²) in [7, 11) is 0. The summed E-state index contributed by atoms with van der Waals surface area (Å²) in [5, 5.41) is 28.5. The number of fused-ring (bicyclic) bond motifs is 1. The van der Waals surface area contributed by atoms with Crippen molar-refractivity contribution in [3.8, 4) is 0 Å². The zero-order chi connectivity index (χ0) is 20.8. The molecule has 3 heteroatoms. The average Bonchev–Trinajstić information content (AvgIpc) is 2.96. The maximum absolute atomic E-state index is 10.0. The molecule has 0 heterocycles. The van der Waals surface area contributed by atoms with Crippen molar-refractivity contribution in [1.82, 2.24) is 0 Å². The van der Waals surface area contributed by atoms with Crippen LogP contribution >= 0.6 is 0 Å². The number of hydrogen-bond donors (Lipinski definition) is 3. The van der Waals surface area contributed by atoms with Crippen molar-refractivity contribution in [2.24, 2.45) is 23.2 Å². The number of aliphatic hydroxyl groups is 3. The van der Waals surface area contributed by atoms with Crippen molar-refractivity contribution in [1.29, 1.82) is 0 Å². The first-order valence-corrected chi connectivity index (χ1v) is 11.5. The normalized spacial score (nSPS) is 30.3. The first-order chi connectivity index (χ1) is 13.2. The summed E-state index contributed by atoms with van der Waals surface area (Å²) in [5.41, 5.74) is 2.60. The Hall–Kier alpha value is -0.640. The minimum atomic E-state index is -0.546. The van der Waals surface area contributed by atoms with Gasteiger partial charge in [0.15, 0.2) is 0 Å². The zero-order valence-electron chi connectivity index (χ0n) is 18.7. The Kier molecular flexibility index (Phi) is 8.79. The van der Waals surface area contributed by atoms with Crippen LogP contribution in [0.5, 0.6) is 0 Å². The minimum Gasteiger partial charge on any atom is -0.396 e. The van der Waals surface area contributed by atoms with Crippen LogP contribution in [0.3, 0.4) is 0 Å². The fraction of sp³-hybridized carbons (Fsp3) is 0.840. The molecule has 0 aromatic rings. The maximum atomic E-state index is 10.0. The monoisotopic (exact) mass is 392 g/mol. The largest absolute Gasteiger partial charge is 0.396 e. The summed E-state index contributed by atoms with van der Waals surface area (Å²) in [6.07, 6.45) is 15.5. The van der Waals surface area contributed by atoms with E-state index >= 15 is 0 Å². The second-order valence-electron chi connectivity index (χ2n) is 10.3. The Morgan fingerprint density at radius 1 is 1.21 bits per heavy atom. The van der Waals surface area contributed by atoms with E-state index in [1.807, 2.05) is 13.8 Å². The molecule has 28 heavy (non-hydrogen) atoms. The standard InChI is InChI=1S/C25H44O3/c1-19(7-5-15-24(2,3)28)22-11-12-23-21(8-6-16-25(22,23)4)10-9-20(13-17-26)14-18-27/h9-10,19,22-23,26-28H,5-8,11-18H2,1-4H3/b21-10+/t19-,22-,23+,25-/m1/s1. The summed E-state index contributed by atoms with van der Waals surface area (Å²) in [5.74, 6) is 2.18. The van der Waals surface area contributed by atoms with Gasteiger partial charge in [-0.1, -0.05) is 50.0 Å². The van der Waals surface area contributed by atoms with Crippen LogP contribution in [-0.4, -0.2) is 34.1 Å². The molecule has 0 bridgehead atoms. The highest BCUT2D eigenvalue weighted by molar-refractivity contribution is 5.25. The van der Waals surface area contributed by atoms with Gasteiger partial charge >= 0.3 is 0 Å². The van der Waals surface area contributed by atoms with Gasteiger partial charge in [-0.25, -0.2) is 0 Å². The lowest BCUT2D eigenvalue weighted by atomic mass is 9.60. The molecule has 2 saturated carbocycles. The molecule has 3 nitrogen and oxygen atoms in total. The quantitative estimate of drug-likeness (QED) is 0.466. The molecule has 0 spiro atoms. The Bertz CT molecular complexity index is 534. The van der Waals surface area contributed by atoms with Gasteiger partial charge in [-0.3, -0.25) is 0 Å². The molecule has 3 N–H and O–H groups in total. The van der Waals surface area contributed by atoms with Gasteiger partial charge in [0, 0.05) is 13.2 Å². The lowest BCUT2D eigenvalue weighted by molar-refractivity contribution is 0.0596. The van der Waals surface area contributed by atoms with E-state index in [1.165, 1.54) is 38.5 Å². The van der Waals surface area contributed by atoms with E-state index in [-0.39, 0.29) is 13.2 Å². The second kappa shape index (κ2) is 10.4. The van der Waals surface area contributed by atoms with Crippen LogP contribution in [0.15, 0.2) is 23.3 Å². The van der Waals surface area contributed by atoms with E-state index < -0.39 is 5.60 Å². The van der Waals surface area contributed by atoms with Crippen LogP contribution < -0.4 is 0 Å². The number of hydrogen-bond acceptors (Lipinski definition) is 3. The molecule has 0 aromatic carbocycles. The molecule has 0 unspecified atom stereocenters. The zero-order valence-corrected chi connectivity index (χ0v) is 18.7. The van der Waals surface area contributed by atoms with E-state index in [4.69, 9.17) is 0 Å². The summed E-state index contributed by atoms with van der Waals surface area (Å²) in [4.78, 5) is 0. The van der Waals surface area contributed by atoms with Crippen molar-refractivity contribution in [2.75, 3.05) is 13.2 Å². The first kappa shape index (κ1) is 23.6. The second-order valence-corrected chi connectivity index (χ2v) is 10.3. The van der Waals surface area contributed by atoms with Crippen molar-refractivity contribution in [2.45, 2.75) is 97.5 Å². The predicted molar refractivity (Wildman–Crippen MR) is 117 cm³/mol. The summed E-state index contributed by atoms with van der Waals surface area (Å²) < 4.78 is 0. The molecule has 0 saturated heterocycles. The van der Waals surface area contributed by atoms with Crippen molar-refractivity contribution >= 4 is 0 Å². The number of rotatable bonds is 10. The molecule has 2 aliphatic carbocycles. The van der Waals surface area contributed by atoms with Gasteiger partial charge < -0.3 is 15.3 Å². The lowest BCUT2D eigenvalue weighted by Gasteiger charge is -2.44. The number of aliphatic hydroxyl groups excluding tert-OH is 2. The average molecular weight is 393 g/mol. The summed E-state index contributed by atoms with van der Waals surface area (Å²) in [6.45, 7) is 9.10. The SMILES string of the molecule is C[C@H](CCCC(C)(C)O)[C@H]1CC[C@H]2/C(=C/C=C(CCO)CCO)CCC[C@]12C. The highest BCUT2D eigenvalue weighted by Crippen LogP contribution is 2.59. The Labute approximate surface area is 172 Å². The molecule has 4 atom stereocenters. The van der Waals surface area contributed by atoms with Crippen LogP contribution in [0.2, 0.25) is 0 Å². The van der Waals surface area contributed by atoms with Gasteiger partial charge in [-0.15, -0.1) is 0 Å². The Morgan fingerprint density at radius 2 is 1.89 bits per heavy atom. The van der Waals surface area contributed by atoms with Crippen molar-refractivity contribution in [3.05, 3.63) is 23.3 Å². The minimum absolute atomic E-state index is 0.153. The number of allylic oxidation sites excluding steroid dienone is 3. The van der Waals surface area contributed by atoms with Crippen molar-refractivity contribution < 1.29 is 15.3 Å². The van der Waals surface area contributed by atoms with E-state index in [1.54, 1.807) is 5.57 Å². The summed E-state index contributed by atoms with van der Waals surface area (Å²) in [6, 6.07) is 0. The third kappa shape index (κ3) is 6.18. The van der Waals surface area contributed by atoms with E-state index in [2.05, 4.69) is 26.0 Å². The molecule has 2 fully saturated rings. The topological polar surface area (TPSA) is 60.7 Å². The molecule has 2 rings (SSSR count). The molecular weight excluding hydrogens is 348 g/mol. The highest BCUT2D eigenvalue weighted by Gasteiger charge is 2.50. The molecule has 2 aliphatic rings. The Balaban J connectivity index is 2.07. The van der Waals surface area contributed by atoms with Gasteiger partial charge in [0.2, 0.25) is 0 Å². The fourth-order valence-electron chi connectivity index (χ4n) is 6.08.